The molecule has 3 aliphatic rings. The molecule has 0 bridgehead atoms. The quantitative estimate of drug-likeness (QED) is 0.464. The van der Waals surface area contributed by atoms with Gasteiger partial charge in [-0.05, 0) is 86.7 Å². The Bertz CT molecular complexity index is 770. The molecule has 33 heavy (non-hydrogen) atoms. The summed E-state index contributed by atoms with van der Waals surface area (Å²) >= 11 is 0. The fraction of sp³-hybridized carbons (Fsp3) is 0.821. The Kier molecular flexibility index (Phi) is 8.31. The molecule has 0 heterocycles. The SMILES string of the molecule is CO[C@@H](/C=C(/C)[C@H]1CC[C@@H](C2=C[C@H](O)[C@H]3C[C@@H](O)CC[C@]3(C)C2=O)[C@]1(C)CCO)CC(C)C. The van der Waals surface area contributed by atoms with Gasteiger partial charge >= 0.3 is 0 Å². The van der Waals surface area contributed by atoms with Crippen LogP contribution < -0.4 is 0 Å². The minimum atomic E-state index is -0.712. The Labute approximate surface area is 200 Å². The third-order valence-electron chi connectivity index (χ3n) is 9.25. The molecule has 0 aromatic rings. The van der Waals surface area contributed by atoms with Crippen LogP contribution in [0.1, 0.15) is 79.6 Å². The molecule has 3 rings (SSSR count). The van der Waals surface area contributed by atoms with Gasteiger partial charge in [0.05, 0.1) is 18.3 Å². The molecule has 3 aliphatic carbocycles. The van der Waals surface area contributed by atoms with Crippen molar-refractivity contribution in [1.29, 1.82) is 0 Å². The maximum atomic E-state index is 13.9. The molecule has 0 aliphatic heterocycles. The highest BCUT2D eigenvalue weighted by Crippen LogP contribution is 2.59. The molecule has 2 saturated carbocycles. The van der Waals surface area contributed by atoms with E-state index in [9.17, 15) is 20.1 Å². The molecule has 3 N–H and O–H groups in total. The zero-order chi connectivity index (χ0) is 24.6. The number of aliphatic hydroxyl groups is 3. The highest BCUT2D eigenvalue weighted by Gasteiger charge is 2.56. The van der Waals surface area contributed by atoms with Crippen molar-refractivity contribution in [2.75, 3.05) is 13.7 Å². The number of carbonyl (C=O) groups excluding carboxylic acids is 1. The Hall–Kier alpha value is -1.01. The number of Topliss-reactive ketones (excluding diaryl/α,β-unsaturated/α-hetero) is 1. The first kappa shape index (κ1) is 26.6. The molecular formula is C28H46O5. The molecule has 0 aromatic carbocycles. The van der Waals surface area contributed by atoms with Crippen molar-refractivity contribution in [2.24, 2.45) is 34.5 Å². The van der Waals surface area contributed by atoms with Crippen molar-refractivity contribution in [3.8, 4) is 0 Å². The lowest BCUT2D eigenvalue weighted by Gasteiger charge is -2.49. The molecule has 0 aromatic heterocycles. The molecule has 188 valence electrons. The van der Waals surface area contributed by atoms with E-state index in [1.165, 1.54) is 5.57 Å². The largest absolute Gasteiger partial charge is 0.396 e. The first-order valence-corrected chi connectivity index (χ1v) is 12.9. The molecule has 0 radical (unpaired) electrons. The molecule has 0 spiro atoms. The number of hydrogen-bond donors (Lipinski definition) is 3. The Morgan fingerprint density at radius 2 is 1.94 bits per heavy atom. The number of hydrogen-bond acceptors (Lipinski definition) is 5. The standard InChI is InChI=1S/C28H46O5/c1-17(2)13-20(33-6)14-18(3)22-7-8-23(27(22,4)11-12-29)21-16-25(31)24-15-19(30)9-10-28(24,5)26(21)32/h14,16-17,19-20,22-25,29-31H,7-13,15H2,1-6H3/b18-14-/t19-,20+,22+,23-,24+,25-,27+,28-/m0/s1. The second-order valence-electron chi connectivity index (χ2n) is 11.9. The number of allylic oxidation sites excluding steroid dienone is 2. The summed E-state index contributed by atoms with van der Waals surface area (Å²) in [5, 5.41) is 31.2. The molecule has 8 atom stereocenters. The normalized spacial score (nSPS) is 40.7. The summed E-state index contributed by atoms with van der Waals surface area (Å²) in [5.41, 5.74) is 1.15. The number of rotatable bonds is 8. The van der Waals surface area contributed by atoms with Gasteiger partial charge in [0.2, 0.25) is 0 Å². The van der Waals surface area contributed by atoms with E-state index in [4.69, 9.17) is 4.74 Å². The second kappa shape index (κ2) is 10.3. The van der Waals surface area contributed by atoms with Crippen molar-refractivity contribution in [2.45, 2.75) is 97.9 Å². The molecular weight excluding hydrogens is 416 g/mol. The maximum absolute atomic E-state index is 13.9. The summed E-state index contributed by atoms with van der Waals surface area (Å²) in [6.45, 7) is 10.8. The molecule has 5 heteroatoms. The fourth-order valence-electron chi connectivity index (χ4n) is 7.29. The van der Waals surface area contributed by atoms with Gasteiger partial charge in [0.25, 0.3) is 0 Å². The summed E-state index contributed by atoms with van der Waals surface area (Å²) in [4.78, 5) is 13.9. The number of ketones is 1. The first-order valence-electron chi connectivity index (χ1n) is 12.9. The number of ether oxygens (including phenoxy) is 1. The van der Waals surface area contributed by atoms with Crippen LogP contribution in [0.5, 0.6) is 0 Å². The number of methoxy groups -OCH3 is 1. The number of carbonyl (C=O) groups is 1. The summed E-state index contributed by atoms with van der Waals surface area (Å²) in [5.74, 6) is 0.725. The highest BCUT2D eigenvalue weighted by molar-refractivity contribution is 6.01. The van der Waals surface area contributed by atoms with Gasteiger partial charge in [-0.1, -0.05) is 39.3 Å². The lowest BCUT2D eigenvalue weighted by atomic mass is 9.55. The summed E-state index contributed by atoms with van der Waals surface area (Å²) < 4.78 is 5.73. The molecule has 0 amide bonds. The second-order valence-corrected chi connectivity index (χ2v) is 11.9. The van der Waals surface area contributed by atoms with Gasteiger partial charge in [-0.15, -0.1) is 0 Å². The molecule has 0 saturated heterocycles. The fourth-order valence-corrected chi connectivity index (χ4v) is 7.29. The van der Waals surface area contributed by atoms with Crippen molar-refractivity contribution in [3.05, 3.63) is 23.3 Å². The summed E-state index contributed by atoms with van der Waals surface area (Å²) in [7, 11) is 1.76. The van der Waals surface area contributed by atoms with Crippen LogP contribution in [0.2, 0.25) is 0 Å². The van der Waals surface area contributed by atoms with Crippen molar-refractivity contribution < 1.29 is 24.9 Å². The van der Waals surface area contributed by atoms with Crippen LogP contribution in [-0.2, 0) is 9.53 Å². The van der Waals surface area contributed by atoms with E-state index in [0.29, 0.717) is 31.6 Å². The third kappa shape index (κ3) is 5.03. The predicted molar refractivity (Wildman–Crippen MR) is 131 cm³/mol. The van der Waals surface area contributed by atoms with Crippen molar-refractivity contribution >= 4 is 5.78 Å². The van der Waals surface area contributed by atoms with Crippen molar-refractivity contribution in [1.82, 2.24) is 0 Å². The van der Waals surface area contributed by atoms with Crippen LogP contribution in [0.4, 0.5) is 0 Å². The molecule has 0 unspecified atom stereocenters. The van der Waals surface area contributed by atoms with Gasteiger partial charge in [-0.25, -0.2) is 0 Å². The Balaban J connectivity index is 1.94. The smallest absolute Gasteiger partial charge is 0.165 e. The maximum Gasteiger partial charge on any atom is 0.165 e. The first-order chi connectivity index (χ1) is 15.5. The molecule has 5 nitrogen and oxygen atoms in total. The Morgan fingerprint density at radius 1 is 1.24 bits per heavy atom. The predicted octanol–water partition coefficient (Wildman–Crippen LogP) is 4.45. The Morgan fingerprint density at radius 3 is 2.55 bits per heavy atom. The van der Waals surface area contributed by atoms with Gasteiger partial charge in [0.15, 0.2) is 5.78 Å². The topological polar surface area (TPSA) is 87.0 Å². The van der Waals surface area contributed by atoms with Gasteiger partial charge in [-0.3, -0.25) is 4.79 Å². The van der Waals surface area contributed by atoms with E-state index in [-0.39, 0.29) is 41.7 Å². The van der Waals surface area contributed by atoms with Crippen LogP contribution in [0.25, 0.3) is 0 Å². The monoisotopic (exact) mass is 462 g/mol. The average Bonchev–Trinajstić information content (AvgIpc) is 3.08. The lowest BCUT2D eigenvalue weighted by molar-refractivity contribution is -0.138. The zero-order valence-electron chi connectivity index (χ0n) is 21.5. The minimum Gasteiger partial charge on any atom is -0.396 e. The minimum absolute atomic E-state index is 0.0101. The van der Waals surface area contributed by atoms with E-state index < -0.39 is 17.6 Å². The van der Waals surface area contributed by atoms with Crippen LogP contribution in [-0.4, -0.2) is 53.1 Å². The van der Waals surface area contributed by atoms with Gasteiger partial charge in [-0.2, -0.15) is 0 Å². The van der Waals surface area contributed by atoms with Crippen LogP contribution in [0, 0.1) is 34.5 Å². The third-order valence-corrected chi connectivity index (χ3v) is 9.25. The highest BCUT2D eigenvalue weighted by atomic mass is 16.5. The average molecular weight is 463 g/mol. The number of fused-ring (bicyclic) bond motifs is 1. The lowest BCUT2D eigenvalue weighted by Crippen LogP contribution is -2.52. The zero-order valence-corrected chi connectivity index (χ0v) is 21.5. The number of aliphatic hydroxyl groups excluding tert-OH is 3. The van der Waals surface area contributed by atoms with Gasteiger partial charge in [0, 0.05) is 25.0 Å². The van der Waals surface area contributed by atoms with Crippen LogP contribution >= 0.6 is 0 Å². The van der Waals surface area contributed by atoms with E-state index in [0.717, 1.165) is 24.8 Å². The van der Waals surface area contributed by atoms with Crippen LogP contribution in [0.15, 0.2) is 23.3 Å². The van der Waals surface area contributed by atoms with Crippen LogP contribution in [0.3, 0.4) is 0 Å². The summed E-state index contributed by atoms with van der Waals surface area (Å²) in [6.07, 6.45) is 8.06. The van der Waals surface area contributed by atoms with Crippen molar-refractivity contribution in [3.63, 3.8) is 0 Å². The van der Waals surface area contributed by atoms with E-state index in [1.807, 2.05) is 6.92 Å². The molecule has 2 fully saturated rings. The van der Waals surface area contributed by atoms with Gasteiger partial charge in [0.1, 0.15) is 0 Å². The van der Waals surface area contributed by atoms with Gasteiger partial charge < -0.3 is 20.1 Å². The van der Waals surface area contributed by atoms with E-state index in [2.05, 4.69) is 33.8 Å². The van der Waals surface area contributed by atoms with E-state index >= 15 is 0 Å². The van der Waals surface area contributed by atoms with E-state index in [1.54, 1.807) is 13.2 Å². The summed E-state index contributed by atoms with van der Waals surface area (Å²) in [6, 6.07) is 0.